The van der Waals surface area contributed by atoms with Crippen molar-refractivity contribution in [3.63, 3.8) is 0 Å². The Morgan fingerprint density at radius 1 is 1.38 bits per heavy atom. The number of hydrogen-bond donors (Lipinski definition) is 1. The summed E-state index contributed by atoms with van der Waals surface area (Å²) in [5.74, 6) is 0. The first-order valence-corrected chi connectivity index (χ1v) is 4.61. The van der Waals surface area contributed by atoms with Crippen LogP contribution in [0.3, 0.4) is 0 Å². The van der Waals surface area contributed by atoms with E-state index in [0.717, 1.165) is 0 Å². The maximum absolute atomic E-state index is 12.4. The van der Waals surface area contributed by atoms with E-state index in [1.54, 1.807) is 6.07 Å². The van der Waals surface area contributed by atoms with Crippen LogP contribution in [0.2, 0.25) is 0 Å². The molecule has 1 aromatic heterocycles. The molecule has 1 heterocycles. The van der Waals surface area contributed by atoms with Gasteiger partial charge in [-0.3, -0.25) is 0 Å². The second kappa shape index (κ2) is 4.36. The number of rotatable bonds is 3. The zero-order valence-electron chi connectivity index (χ0n) is 8.22. The first-order valence-electron chi connectivity index (χ1n) is 4.61. The number of halogens is 2. The van der Waals surface area contributed by atoms with E-state index >= 15 is 0 Å². The number of alkyl halides is 2. The van der Waals surface area contributed by atoms with E-state index in [9.17, 15) is 8.78 Å². The van der Waals surface area contributed by atoms with Crippen LogP contribution < -0.4 is 0 Å². The zero-order valence-corrected chi connectivity index (χ0v) is 8.22. The molecule has 6 heteroatoms. The Morgan fingerprint density at radius 3 is 2.81 bits per heavy atom. The van der Waals surface area contributed by atoms with Crippen molar-refractivity contribution in [1.29, 1.82) is 0 Å². The summed E-state index contributed by atoms with van der Waals surface area (Å²) in [4.78, 5) is 0. The molecule has 16 heavy (non-hydrogen) atoms. The van der Waals surface area contributed by atoms with E-state index < -0.39 is 6.43 Å². The van der Waals surface area contributed by atoms with Crippen LogP contribution >= 0.6 is 0 Å². The number of hydrogen-bond acceptors (Lipinski definition) is 3. The maximum atomic E-state index is 12.4. The Balaban J connectivity index is 2.36. The van der Waals surface area contributed by atoms with Gasteiger partial charge >= 0.3 is 0 Å². The lowest BCUT2D eigenvalue weighted by atomic mass is 10.2. The normalized spacial score (nSPS) is 11.0. The molecule has 2 aromatic rings. The van der Waals surface area contributed by atoms with E-state index in [0.29, 0.717) is 11.4 Å². The van der Waals surface area contributed by atoms with Gasteiger partial charge < -0.3 is 5.11 Å². The molecule has 1 N–H and O–H groups in total. The molecular weight excluding hydrogens is 216 g/mol. The van der Waals surface area contributed by atoms with Gasteiger partial charge in [-0.1, -0.05) is 17.3 Å². The number of nitrogens with zero attached hydrogens (tertiary/aromatic N) is 3. The summed E-state index contributed by atoms with van der Waals surface area (Å²) in [6.45, 7) is -0.228. The topological polar surface area (TPSA) is 50.9 Å². The Morgan fingerprint density at radius 2 is 2.19 bits per heavy atom. The lowest BCUT2D eigenvalue weighted by Crippen LogP contribution is -1.96. The van der Waals surface area contributed by atoms with Crippen molar-refractivity contribution in [2.45, 2.75) is 13.0 Å². The molecule has 0 bridgehead atoms. The quantitative estimate of drug-likeness (QED) is 0.864. The third-order valence-electron chi connectivity index (χ3n) is 2.09. The van der Waals surface area contributed by atoms with Crippen LogP contribution in [0.5, 0.6) is 0 Å². The summed E-state index contributed by atoms with van der Waals surface area (Å²) >= 11 is 0. The molecule has 4 nitrogen and oxygen atoms in total. The molecule has 2 rings (SSSR count). The molecule has 0 saturated carbocycles. The molecular formula is C10H9F2N3O. The average molecular weight is 225 g/mol. The number of aliphatic hydroxyl groups is 1. The molecule has 0 aliphatic carbocycles. The molecule has 0 amide bonds. The highest BCUT2D eigenvalue weighted by atomic mass is 19.3. The van der Waals surface area contributed by atoms with Gasteiger partial charge in [-0.25, -0.2) is 13.5 Å². The van der Waals surface area contributed by atoms with Crippen molar-refractivity contribution in [2.75, 3.05) is 0 Å². The summed E-state index contributed by atoms with van der Waals surface area (Å²) in [6.07, 6.45) is -1.02. The first-order chi connectivity index (χ1) is 7.70. The minimum absolute atomic E-state index is 0.0708. The van der Waals surface area contributed by atoms with E-state index in [2.05, 4.69) is 10.3 Å². The third kappa shape index (κ3) is 2.06. The van der Waals surface area contributed by atoms with Crippen LogP contribution in [0.15, 0.2) is 30.5 Å². The Kier molecular flexibility index (Phi) is 2.91. The van der Waals surface area contributed by atoms with Crippen molar-refractivity contribution in [3.8, 4) is 5.69 Å². The van der Waals surface area contributed by atoms with Gasteiger partial charge in [0.25, 0.3) is 6.43 Å². The van der Waals surface area contributed by atoms with Crippen molar-refractivity contribution in [3.05, 3.63) is 41.7 Å². The van der Waals surface area contributed by atoms with Gasteiger partial charge in [-0.05, 0) is 12.1 Å². The Bertz CT molecular complexity index is 484. The zero-order chi connectivity index (χ0) is 11.5. The number of aromatic nitrogens is 3. The fraction of sp³-hybridized carbons (Fsp3) is 0.200. The molecule has 0 spiro atoms. The second-order valence-corrected chi connectivity index (χ2v) is 3.21. The van der Waals surface area contributed by atoms with Gasteiger partial charge in [-0.2, -0.15) is 0 Å². The lowest BCUT2D eigenvalue weighted by Gasteiger charge is -2.03. The lowest BCUT2D eigenvalue weighted by molar-refractivity contribution is 0.151. The van der Waals surface area contributed by atoms with Crippen LogP contribution in [-0.2, 0) is 6.61 Å². The van der Waals surface area contributed by atoms with Crippen LogP contribution in [0, 0.1) is 0 Å². The number of aliphatic hydroxyl groups excluding tert-OH is 1. The predicted molar refractivity (Wildman–Crippen MR) is 52.2 cm³/mol. The van der Waals surface area contributed by atoms with Gasteiger partial charge in [0.1, 0.15) is 5.69 Å². The monoisotopic (exact) mass is 225 g/mol. The van der Waals surface area contributed by atoms with E-state index in [4.69, 9.17) is 5.11 Å². The van der Waals surface area contributed by atoms with E-state index in [1.807, 2.05) is 0 Å². The Labute approximate surface area is 90.1 Å². The SMILES string of the molecule is OCc1cn(-c2cccc(C(F)F)c2)nn1. The van der Waals surface area contributed by atoms with Crippen LogP contribution in [-0.4, -0.2) is 20.1 Å². The second-order valence-electron chi connectivity index (χ2n) is 3.21. The third-order valence-corrected chi connectivity index (χ3v) is 2.09. The summed E-state index contributed by atoms with van der Waals surface area (Å²) < 4.78 is 26.2. The van der Waals surface area contributed by atoms with Crippen LogP contribution in [0.4, 0.5) is 8.78 Å². The maximum Gasteiger partial charge on any atom is 0.263 e. The highest BCUT2D eigenvalue weighted by Gasteiger charge is 2.08. The first kappa shape index (κ1) is 10.7. The molecule has 0 aliphatic heterocycles. The van der Waals surface area contributed by atoms with Crippen molar-refractivity contribution in [1.82, 2.24) is 15.0 Å². The average Bonchev–Trinajstić information content (AvgIpc) is 2.77. The van der Waals surface area contributed by atoms with Crippen LogP contribution in [0.1, 0.15) is 17.7 Å². The standard InChI is InChI=1S/C10H9F2N3O/c11-10(12)7-2-1-3-9(4-7)15-5-8(6-16)13-14-15/h1-5,10,16H,6H2. The van der Waals surface area contributed by atoms with Gasteiger partial charge in [0.2, 0.25) is 0 Å². The molecule has 1 aromatic carbocycles. The highest BCUT2D eigenvalue weighted by Crippen LogP contribution is 2.20. The van der Waals surface area contributed by atoms with Gasteiger partial charge in [-0.15, -0.1) is 5.10 Å². The highest BCUT2D eigenvalue weighted by molar-refractivity contribution is 5.35. The summed E-state index contributed by atoms with van der Waals surface area (Å²) in [6, 6.07) is 5.84. The minimum atomic E-state index is -2.51. The largest absolute Gasteiger partial charge is 0.390 e. The Hall–Kier alpha value is -1.82. The molecule has 0 atom stereocenters. The van der Waals surface area contributed by atoms with Crippen LogP contribution in [0.25, 0.3) is 5.69 Å². The molecule has 0 unspecified atom stereocenters. The summed E-state index contributed by atoms with van der Waals surface area (Å²) in [5.41, 5.74) is 0.811. The van der Waals surface area contributed by atoms with Crippen molar-refractivity contribution in [2.24, 2.45) is 0 Å². The smallest absolute Gasteiger partial charge is 0.263 e. The summed E-state index contributed by atoms with van der Waals surface area (Å²) in [5, 5.41) is 16.2. The van der Waals surface area contributed by atoms with Gasteiger partial charge in [0.15, 0.2) is 0 Å². The van der Waals surface area contributed by atoms with Gasteiger partial charge in [0, 0.05) is 5.56 Å². The van der Waals surface area contributed by atoms with E-state index in [-0.39, 0.29) is 12.2 Å². The van der Waals surface area contributed by atoms with Crippen molar-refractivity contribution >= 4 is 0 Å². The molecule has 84 valence electrons. The van der Waals surface area contributed by atoms with E-state index in [1.165, 1.54) is 29.1 Å². The molecule has 0 saturated heterocycles. The fourth-order valence-corrected chi connectivity index (χ4v) is 1.30. The number of benzene rings is 1. The fourth-order valence-electron chi connectivity index (χ4n) is 1.30. The van der Waals surface area contributed by atoms with Crippen molar-refractivity contribution < 1.29 is 13.9 Å². The summed E-state index contributed by atoms with van der Waals surface area (Å²) in [7, 11) is 0. The van der Waals surface area contributed by atoms with Gasteiger partial charge in [0.05, 0.1) is 18.5 Å². The molecule has 0 radical (unpaired) electrons. The predicted octanol–water partition coefficient (Wildman–Crippen LogP) is 1.70. The molecule has 0 fully saturated rings. The minimum Gasteiger partial charge on any atom is -0.390 e. The molecule has 0 aliphatic rings.